The van der Waals surface area contributed by atoms with Gasteiger partial charge in [0.15, 0.2) is 0 Å². The quantitative estimate of drug-likeness (QED) is 0.862. The standard InChI is InChI=1S/C13H21ClN4O/c1-10-16-8-12(14)13(17-10)15-5-7-18-6-3-2-4-11(18)9-19/h8,11,19H,2-7,9H2,1H3,(H,15,16,17). The number of hydrogen-bond acceptors (Lipinski definition) is 5. The van der Waals surface area contributed by atoms with Gasteiger partial charge in [0.1, 0.15) is 16.7 Å². The SMILES string of the molecule is Cc1ncc(Cl)c(NCCN2CCCCC2CO)n1. The molecular weight excluding hydrogens is 264 g/mol. The summed E-state index contributed by atoms with van der Waals surface area (Å²) in [6.45, 7) is 4.81. The van der Waals surface area contributed by atoms with Crippen molar-refractivity contribution in [2.75, 3.05) is 31.6 Å². The molecule has 0 spiro atoms. The third kappa shape index (κ3) is 4.03. The third-order valence-corrected chi connectivity index (χ3v) is 3.79. The first-order valence-corrected chi connectivity index (χ1v) is 7.16. The number of nitrogens with zero attached hydrogens (tertiary/aromatic N) is 3. The average Bonchev–Trinajstić information content (AvgIpc) is 2.43. The van der Waals surface area contributed by atoms with Crippen LogP contribution in [0, 0.1) is 6.92 Å². The molecule has 2 N–H and O–H groups in total. The lowest BCUT2D eigenvalue weighted by Gasteiger charge is -2.34. The van der Waals surface area contributed by atoms with Crippen LogP contribution in [-0.4, -0.2) is 52.3 Å². The van der Waals surface area contributed by atoms with Gasteiger partial charge < -0.3 is 10.4 Å². The number of likely N-dealkylation sites (tertiary alicyclic amines) is 1. The minimum atomic E-state index is 0.243. The molecule has 5 nitrogen and oxygen atoms in total. The predicted octanol–water partition coefficient (Wildman–Crippen LogP) is 1.70. The van der Waals surface area contributed by atoms with Gasteiger partial charge in [-0.1, -0.05) is 18.0 Å². The van der Waals surface area contributed by atoms with Crippen molar-refractivity contribution in [1.29, 1.82) is 0 Å². The zero-order valence-electron chi connectivity index (χ0n) is 11.3. The van der Waals surface area contributed by atoms with E-state index in [1.54, 1.807) is 6.20 Å². The van der Waals surface area contributed by atoms with Crippen LogP contribution in [0.15, 0.2) is 6.20 Å². The molecule has 0 amide bonds. The summed E-state index contributed by atoms with van der Waals surface area (Å²) in [5.41, 5.74) is 0. The summed E-state index contributed by atoms with van der Waals surface area (Å²) >= 11 is 6.03. The van der Waals surface area contributed by atoms with Crippen molar-refractivity contribution >= 4 is 17.4 Å². The second kappa shape index (κ2) is 7.03. The summed E-state index contributed by atoms with van der Waals surface area (Å²) in [4.78, 5) is 10.6. The highest BCUT2D eigenvalue weighted by Crippen LogP contribution is 2.18. The molecule has 1 atom stereocenters. The van der Waals surface area contributed by atoms with Crippen molar-refractivity contribution < 1.29 is 5.11 Å². The molecular formula is C13H21ClN4O. The number of aryl methyl sites for hydroxylation is 1. The molecule has 1 unspecified atom stereocenters. The van der Waals surface area contributed by atoms with Gasteiger partial charge in [0.05, 0.1) is 12.8 Å². The van der Waals surface area contributed by atoms with E-state index in [9.17, 15) is 5.11 Å². The van der Waals surface area contributed by atoms with Gasteiger partial charge in [0.2, 0.25) is 0 Å². The van der Waals surface area contributed by atoms with Crippen LogP contribution >= 0.6 is 11.6 Å². The molecule has 1 aliphatic heterocycles. The topological polar surface area (TPSA) is 61.3 Å². The van der Waals surface area contributed by atoms with E-state index in [0.29, 0.717) is 22.7 Å². The number of anilines is 1. The zero-order valence-corrected chi connectivity index (χ0v) is 12.0. The van der Waals surface area contributed by atoms with E-state index < -0.39 is 0 Å². The second-order valence-corrected chi connectivity index (χ2v) is 5.32. The predicted molar refractivity (Wildman–Crippen MR) is 76.6 cm³/mol. The van der Waals surface area contributed by atoms with E-state index in [0.717, 1.165) is 26.1 Å². The number of piperidine rings is 1. The van der Waals surface area contributed by atoms with Gasteiger partial charge in [-0.2, -0.15) is 0 Å². The lowest BCUT2D eigenvalue weighted by molar-refractivity contribution is 0.0940. The van der Waals surface area contributed by atoms with Crippen molar-refractivity contribution in [2.45, 2.75) is 32.2 Å². The Morgan fingerprint density at radius 2 is 2.37 bits per heavy atom. The fraction of sp³-hybridized carbons (Fsp3) is 0.692. The lowest BCUT2D eigenvalue weighted by Crippen LogP contribution is -2.44. The van der Waals surface area contributed by atoms with E-state index >= 15 is 0 Å². The first-order valence-electron chi connectivity index (χ1n) is 6.78. The number of halogens is 1. The maximum atomic E-state index is 9.35. The molecule has 6 heteroatoms. The van der Waals surface area contributed by atoms with Gasteiger partial charge in [-0.25, -0.2) is 9.97 Å². The summed E-state index contributed by atoms with van der Waals surface area (Å²) in [5, 5.41) is 13.1. The highest BCUT2D eigenvalue weighted by Gasteiger charge is 2.20. The molecule has 2 heterocycles. The van der Waals surface area contributed by atoms with Crippen LogP contribution in [0.25, 0.3) is 0 Å². The molecule has 0 saturated carbocycles. The van der Waals surface area contributed by atoms with E-state index in [2.05, 4.69) is 20.2 Å². The lowest BCUT2D eigenvalue weighted by atomic mass is 10.0. The van der Waals surface area contributed by atoms with Gasteiger partial charge in [-0.3, -0.25) is 4.90 Å². The summed E-state index contributed by atoms with van der Waals surface area (Å²) in [6, 6.07) is 0.304. The highest BCUT2D eigenvalue weighted by atomic mass is 35.5. The average molecular weight is 285 g/mol. The van der Waals surface area contributed by atoms with Gasteiger partial charge in [-0.15, -0.1) is 0 Å². The van der Waals surface area contributed by atoms with Gasteiger partial charge in [0.25, 0.3) is 0 Å². The van der Waals surface area contributed by atoms with Crippen LogP contribution in [0.4, 0.5) is 5.82 Å². The zero-order chi connectivity index (χ0) is 13.7. The molecule has 1 fully saturated rings. The van der Waals surface area contributed by atoms with Crippen molar-refractivity contribution in [3.63, 3.8) is 0 Å². The van der Waals surface area contributed by atoms with Crippen molar-refractivity contribution in [1.82, 2.24) is 14.9 Å². The third-order valence-electron chi connectivity index (χ3n) is 3.52. The monoisotopic (exact) mass is 284 g/mol. The van der Waals surface area contributed by atoms with Crippen molar-refractivity contribution in [3.05, 3.63) is 17.0 Å². The van der Waals surface area contributed by atoms with Gasteiger partial charge in [0, 0.05) is 19.1 Å². The molecule has 0 aromatic carbocycles. The Kier molecular flexibility index (Phi) is 5.36. The normalized spacial score (nSPS) is 20.5. The Hall–Kier alpha value is -0.910. The Morgan fingerprint density at radius 3 is 3.16 bits per heavy atom. The van der Waals surface area contributed by atoms with Crippen LogP contribution in [0.3, 0.4) is 0 Å². The summed E-state index contributed by atoms with van der Waals surface area (Å²) in [5.74, 6) is 1.39. The number of aromatic nitrogens is 2. The molecule has 1 aromatic heterocycles. The maximum Gasteiger partial charge on any atom is 0.148 e. The molecule has 1 aliphatic rings. The minimum Gasteiger partial charge on any atom is -0.395 e. The summed E-state index contributed by atoms with van der Waals surface area (Å²) in [7, 11) is 0. The Labute approximate surface area is 119 Å². The van der Waals surface area contributed by atoms with Crippen LogP contribution in [0.5, 0.6) is 0 Å². The molecule has 1 aromatic rings. The second-order valence-electron chi connectivity index (χ2n) is 4.91. The van der Waals surface area contributed by atoms with E-state index in [1.807, 2.05) is 6.92 Å². The van der Waals surface area contributed by atoms with E-state index in [4.69, 9.17) is 11.6 Å². The fourth-order valence-corrected chi connectivity index (χ4v) is 2.62. The minimum absolute atomic E-state index is 0.243. The van der Waals surface area contributed by atoms with Gasteiger partial charge >= 0.3 is 0 Å². The Balaban J connectivity index is 1.83. The van der Waals surface area contributed by atoms with Crippen LogP contribution in [-0.2, 0) is 0 Å². The van der Waals surface area contributed by atoms with Crippen LogP contribution in [0.2, 0.25) is 5.02 Å². The van der Waals surface area contributed by atoms with Crippen LogP contribution < -0.4 is 5.32 Å². The number of nitrogens with one attached hydrogen (secondary N) is 1. The highest BCUT2D eigenvalue weighted by molar-refractivity contribution is 6.32. The smallest absolute Gasteiger partial charge is 0.148 e. The molecule has 2 rings (SSSR count). The molecule has 1 saturated heterocycles. The molecule has 19 heavy (non-hydrogen) atoms. The van der Waals surface area contributed by atoms with E-state index in [1.165, 1.54) is 12.8 Å². The number of aliphatic hydroxyl groups is 1. The molecule has 0 radical (unpaired) electrons. The summed E-state index contributed by atoms with van der Waals surface area (Å²) in [6.07, 6.45) is 5.13. The Morgan fingerprint density at radius 1 is 1.53 bits per heavy atom. The first kappa shape index (κ1) is 14.5. The van der Waals surface area contributed by atoms with Crippen molar-refractivity contribution in [3.8, 4) is 0 Å². The number of aliphatic hydroxyl groups excluding tert-OH is 1. The number of hydrogen-bond donors (Lipinski definition) is 2. The van der Waals surface area contributed by atoms with Crippen LogP contribution in [0.1, 0.15) is 25.1 Å². The Bertz CT molecular complexity index is 416. The van der Waals surface area contributed by atoms with Gasteiger partial charge in [-0.05, 0) is 26.3 Å². The number of rotatable bonds is 5. The van der Waals surface area contributed by atoms with E-state index in [-0.39, 0.29) is 6.61 Å². The largest absolute Gasteiger partial charge is 0.395 e. The first-order chi connectivity index (χ1) is 9.20. The molecule has 106 valence electrons. The summed E-state index contributed by atoms with van der Waals surface area (Å²) < 4.78 is 0. The maximum absolute atomic E-state index is 9.35. The molecule has 0 bridgehead atoms. The van der Waals surface area contributed by atoms with Crippen molar-refractivity contribution in [2.24, 2.45) is 0 Å². The fourth-order valence-electron chi connectivity index (χ4n) is 2.46. The molecule has 0 aliphatic carbocycles.